The number of carbonyl (C=O) groups is 1. The molecule has 19 heavy (non-hydrogen) atoms. The highest BCUT2D eigenvalue weighted by Gasteiger charge is 2.12. The molecule has 0 aromatic heterocycles. The van der Waals surface area contributed by atoms with Crippen molar-refractivity contribution < 1.29 is 4.79 Å². The second-order valence-corrected chi connectivity index (χ2v) is 5.17. The molecule has 0 saturated carbocycles. The molecule has 0 aliphatic rings. The summed E-state index contributed by atoms with van der Waals surface area (Å²) in [7, 11) is 3.96. The fourth-order valence-corrected chi connectivity index (χ4v) is 2.06. The summed E-state index contributed by atoms with van der Waals surface area (Å²) in [4.78, 5) is 14.4. The third-order valence-electron chi connectivity index (χ3n) is 3.08. The van der Waals surface area contributed by atoms with Crippen LogP contribution in [0.4, 0.5) is 5.69 Å². The molecule has 0 unspecified atom stereocenters. The quantitative estimate of drug-likeness (QED) is 0.790. The van der Waals surface area contributed by atoms with Crippen molar-refractivity contribution >= 4 is 23.1 Å². The summed E-state index contributed by atoms with van der Waals surface area (Å²) in [5.74, 6) is 0.0273. The molecule has 0 fully saturated rings. The zero-order valence-electron chi connectivity index (χ0n) is 11.3. The number of ketones is 1. The maximum absolute atomic E-state index is 12.4. The van der Waals surface area contributed by atoms with Gasteiger partial charge in [-0.15, -0.1) is 0 Å². The molecular formula is C16H16ClNO. The van der Waals surface area contributed by atoms with Gasteiger partial charge >= 0.3 is 0 Å². The summed E-state index contributed by atoms with van der Waals surface area (Å²) in [5, 5.41) is 0.635. The van der Waals surface area contributed by atoms with E-state index in [1.54, 1.807) is 24.3 Å². The maximum Gasteiger partial charge on any atom is 0.193 e. The molecule has 0 aliphatic carbocycles. The van der Waals surface area contributed by atoms with Gasteiger partial charge in [-0.25, -0.2) is 0 Å². The summed E-state index contributed by atoms with van der Waals surface area (Å²) < 4.78 is 0. The van der Waals surface area contributed by atoms with Crippen molar-refractivity contribution in [2.45, 2.75) is 6.92 Å². The van der Waals surface area contributed by atoms with Crippen LogP contribution in [0.5, 0.6) is 0 Å². The van der Waals surface area contributed by atoms with E-state index in [0.717, 1.165) is 16.8 Å². The fourth-order valence-electron chi connectivity index (χ4n) is 1.94. The van der Waals surface area contributed by atoms with Crippen molar-refractivity contribution in [1.82, 2.24) is 0 Å². The van der Waals surface area contributed by atoms with Crippen molar-refractivity contribution in [3.8, 4) is 0 Å². The van der Waals surface area contributed by atoms with Gasteiger partial charge in [0.15, 0.2) is 5.78 Å². The Morgan fingerprint density at radius 2 is 1.68 bits per heavy atom. The molecule has 0 amide bonds. The molecule has 0 saturated heterocycles. The van der Waals surface area contributed by atoms with Gasteiger partial charge in [0.05, 0.1) is 0 Å². The summed E-state index contributed by atoms with van der Waals surface area (Å²) >= 11 is 5.83. The number of benzene rings is 2. The Morgan fingerprint density at radius 1 is 1.05 bits per heavy atom. The highest BCUT2D eigenvalue weighted by Crippen LogP contribution is 2.21. The molecule has 2 aromatic rings. The summed E-state index contributed by atoms with van der Waals surface area (Å²) in [6.07, 6.45) is 0. The minimum atomic E-state index is 0.0273. The first-order valence-corrected chi connectivity index (χ1v) is 6.45. The molecule has 0 bridgehead atoms. The lowest BCUT2D eigenvalue weighted by molar-refractivity contribution is 0.103. The van der Waals surface area contributed by atoms with E-state index in [1.807, 2.05) is 44.1 Å². The average molecular weight is 274 g/mol. The largest absolute Gasteiger partial charge is 0.378 e. The minimum Gasteiger partial charge on any atom is -0.378 e. The number of halogens is 1. The lowest BCUT2D eigenvalue weighted by Gasteiger charge is -2.14. The van der Waals surface area contributed by atoms with Crippen molar-refractivity contribution in [2.75, 3.05) is 19.0 Å². The molecule has 0 atom stereocenters. The number of anilines is 1. The molecule has 0 aliphatic heterocycles. The number of aryl methyl sites for hydroxylation is 1. The predicted molar refractivity (Wildman–Crippen MR) is 80.4 cm³/mol. The van der Waals surface area contributed by atoms with Gasteiger partial charge in [0.1, 0.15) is 0 Å². The van der Waals surface area contributed by atoms with E-state index in [0.29, 0.717) is 10.6 Å². The van der Waals surface area contributed by atoms with Crippen molar-refractivity contribution in [1.29, 1.82) is 0 Å². The van der Waals surface area contributed by atoms with Crippen molar-refractivity contribution in [3.05, 3.63) is 64.2 Å². The highest BCUT2D eigenvalue weighted by atomic mass is 35.5. The van der Waals surface area contributed by atoms with Gasteiger partial charge in [0.25, 0.3) is 0 Å². The molecule has 0 radical (unpaired) electrons. The number of carbonyl (C=O) groups excluding carboxylic acids is 1. The summed E-state index contributed by atoms with van der Waals surface area (Å²) in [6.45, 7) is 1.95. The van der Waals surface area contributed by atoms with E-state index in [-0.39, 0.29) is 5.78 Å². The Morgan fingerprint density at radius 3 is 2.21 bits per heavy atom. The van der Waals surface area contributed by atoms with E-state index in [9.17, 15) is 4.79 Å². The van der Waals surface area contributed by atoms with E-state index in [2.05, 4.69) is 0 Å². The van der Waals surface area contributed by atoms with Crippen LogP contribution in [0.3, 0.4) is 0 Å². The number of nitrogens with zero attached hydrogens (tertiary/aromatic N) is 1. The number of hydrogen-bond donors (Lipinski definition) is 0. The molecule has 0 heterocycles. The van der Waals surface area contributed by atoms with Crippen molar-refractivity contribution in [3.63, 3.8) is 0 Å². The monoisotopic (exact) mass is 273 g/mol. The Labute approximate surface area is 118 Å². The smallest absolute Gasteiger partial charge is 0.193 e. The zero-order valence-corrected chi connectivity index (χ0v) is 12.0. The van der Waals surface area contributed by atoms with Crippen LogP contribution in [0.25, 0.3) is 0 Å². The molecule has 98 valence electrons. The van der Waals surface area contributed by atoms with Gasteiger partial charge in [-0.2, -0.15) is 0 Å². The third kappa shape index (κ3) is 2.96. The molecule has 0 spiro atoms. The SMILES string of the molecule is Cc1cc(N(C)C)ccc1C(=O)c1ccc(Cl)cc1. The predicted octanol–water partition coefficient (Wildman–Crippen LogP) is 3.95. The standard InChI is InChI=1S/C16H16ClNO/c1-11-10-14(18(2)3)8-9-15(11)16(19)12-4-6-13(17)7-5-12/h4-10H,1-3H3. The first-order chi connectivity index (χ1) is 8.99. The van der Waals surface area contributed by atoms with Gasteiger partial charge in [0, 0.05) is 35.9 Å². The zero-order chi connectivity index (χ0) is 14.0. The van der Waals surface area contributed by atoms with Crippen LogP contribution in [-0.4, -0.2) is 19.9 Å². The topological polar surface area (TPSA) is 20.3 Å². The second kappa shape index (κ2) is 5.45. The molecule has 2 rings (SSSR count). The first-order valence-electron chi connectivity index (χ1n) is 6.07. The molecule has 2 aromatic carbocycles. The van der Waals surface area contributed by atoms with Crippen LogP contribution in [0.1, 0.15) is 21.5 Å². The lowest BCUT2D eigenvalue weighted by atomic mass is 9.98. The van der Waals surface area contributed by atoms with Crippen LogP contribution >= 0.6 is 11.6 Å². The van der Waals surface area contributed by atoms with E-state index >= 15 is 0 Å². The van der Waals surface area contributed by atoms with E-state index in [1.165, 1.54) is 0 Å². The molecule has 2 nitrogen and oxygen atoms in total. The number of hydrogen-bond acceptors (Lipinski definition) is 2. The first kappa shape index (κ1) is 13.6. The highest BCUT2D eigenvalue weighted by molar-refractivity contribution is 6.30. The van der Waals surface area contributed by atoms with Gasteiger partial charge in [-0.05, 0) is 55.0 Å². The van der Waals surface area contributed by atoms with Crippen LogP contribution in [0, 0.1) is 6.92 Å². The van der Waals surface area contributed by atoms with Gasteiger partial charge in [-0.3, -0.25) is 4.79 Å². The lowest BCUT2D eigenvalue weighted by Crippen LogP contribution is -2.10. The molecule has 0 N–H and O–H groups in total. The number of rotatable bonds is 3. The van der Waals surface area contributed by atoms with Crippen LogP contribution in [0.2, 0.25) is 5.02 Å². The normalized spacial score (nSPS) is 10.3. The Bertz CT molecular complexity index is 603. The van der Waals surface area contributed by atoms with Gasteiger partial charge in [-0.1, -0.05) is 11.6 Å². The Kier molecular flexibility index (Phi) is 3.91. The Hall–Kier alpha value is -1.80. The maximum atomic E-state index is 12.4. The molecule has 3 heteroatoms. The average Bonchev–Trinajstić information content (AvgIpc) is 2.38. The van der Waals surface area contributed by atoms with Crippen LogP contribution < -0.4 is 4.90 Å². The van der Waals surface area contributed by atoms with E-state index < -0.39 is 0 Å². The van der Waals surface area contributed by atoms with Crippen LogP contribution in [0.15, 0.2) is 42.5 Å². The van der Waals surface area contributed by atoms with Gasteiger partial charge < -0.3 is 4.90 Å². The van der Waals surface area contributed by atoms with E-state index in [4.69, 9.17) is 11.6 Å². The fraction of sp³-hybridized carbons (Fsp3) is 0.188. The minimum absolute atomic E-state index is 0.0273. The molecular weight excluding hydrogens is 258 g/mol. The summed E-state index contributed by atoms with van der Waals surface area (Å²) in [6, 6.07) is 12.8. The van der Waals surface area contributed by atoms with Crippen LogP contribution in [-0.2, 0) is 0 Å². The van der Waals surface area contributed by atoms with Crippen molar-refractivity contribution in [2.24, 2.45) is 0 Å². The third-order valence-corrected chi connectivity index (χ3v) is 3.33. The van der Waals surface area contributed by atoms with Gasteiger partial charge in [0.2, 0.25) is 0 Å². The summed E-state index contributed by atoms with van der Waals surface area (Å²) in [5.41, 5.74) is 3.45. The Balaban J connectivity index is 2.36. The second-order valence-electron chi connectivity index (χ2n) is 4.73.